The molecule has 0 aliphatic heterocycles. The molecule has 2 heterocycles. The van der Waals surface area contributed by atoms with Crippen molar-refractivity contribution in [1.82, 2.24) is 15.0 Å². The van der Waals surface area contributed by atoms with Gasteiger partial charge in [-0.2, -0.15) is 0 Å². The quantitative estimate of drug-likeness (QED) is 0.169. The monoisotopic (exact) mass is 669 g/mol. The molecule has 0 saturated heterocycles. The Balaban J connectivity index is 1.18. The van der Waals surface area contributed by atoms with Crippen LogP contribution in [0, 0.1) is 0 Å². The third-order valence-electron chi connectivity index (χ3n) is 9.61. The summed E-state index contributed by atoms with van der Waals surface area (Å²) in [5.41, 5.74) is 13.4. The van der Waals surface area contributed by atoms with Crippen LogP contribution in [-0.4, -0.2) is 15.0 Å². The normalized spacial score (nSPS) is 11.4. The molecule has 248 valence electrons. The summed E-state index contributed by atoms with van der Waals surface area (Å²) < 4.78 is 6.00. The molecule has 0 spiro atoms. The van der Waals surface area contributed by atoms with Crippen LogP contribution in [0.3, 0.4) is 0 Å². The number of rotatable bonds is 7. The van der Waals surface area contributed by atoms with Gasteiger partial charge in [0.1, 0.15) is 5.52 Å². The summed E-state index contributed by atoms with van der Waals surface area (Å²) in [6.45, 7) is 4.20. The van der Waals surface area contributed by atoms with E-state index in [9.17, 15) is 0 Å². The highest BCUT2D eigenvalue weighted by atomic mass is 16.3. The smallest absolute Gasteiger partial charge is 0.198 e. The lowest BCUT2D eigenvalue weighted by Crippen LogP contribution is -1.96. The lowest BCUT2D eigenvalue weighted by atomic mass is 9.88. The maximum Gasteiger partial charge on any atom is 0.198 e. The van der Waals surface area contributed by atoms with E-state index in [1.165, 1.54) is 21.9 Å². The average molecular weight is 670 g/mol. The van der Waals surface area contributed by atoms with Crippen molar-refractivity contribution in [3.05, 3.63) is 176 Å². The summed E-state index contributed by atoms with van der Waals surface area (Å²) in [4.78, 5) is 14.9. The van der Waals surface area contributed by atoms with Crippen molar-refractivity contribution in [2.24, 2.45) is 0 Å². The molecule has 0 bridgehead atoms. The zero-order chi connectivity index (χ0) is 35.0. The second-order valence-corrected chi connectivity index (χ2v) is 13.5. The summed E-state index contributed by atoms with van der Waals surface area (Å²) in [7, 11) is 0. The van der Waals surface area contributed by atoms with Crippen LogP contribution in [0.2, 0.25) is 0 Å². The van der Waals surface area contributed by atoms with E-state index in [0.717, 1.165) is 67.3 Å². The zero-order valence-electron chi connectivity index (χ0n) is 29.0. The van der Waals surface area contributed by atoms with Gasteiger partial charge in [0.15, 0.2) is 17.3 Å². The predicted octanol–water partition coefficient (Wildman–Crippen LogP) is 12.9. The van der Waals surface area contributed by atoms with Gasteiger partial charge in [-0.15, -0.1) is 0 Å². The Morgan fingerprint density at radius 3 is 1.85 bits per heavy atom. The summed E-state index contributed by atoms with van der Waals surface area (Å²) in [5.74, 6) is 1.70. The van der Waals surface area contributed by atoms with E-state index < -0.39 is 0 Å². The highest BCUT2D eigenvalue weighted by Gasteiger charge is 2.16. The van der Waals surface area contributed by atoms with E-state index in [2.05, 4.69) is 141 Å². The van der Waals surface area contributed by atoms with Crippen LogP contribution in [0.25, 0.3) is 89.2 Å². The first kappa shape index (κ1) is 31.3. The standard InChI is InChI=1S/C48H35N3O/c1-31(2)48-51-44-29-36(24-26-45(44)52-48)35-18-11-19-37(27-35)41-25-23-32-13-9-10-22-40(32)46(41)39-21-12-20-38(28-39)43-30-42(33-14-5-3-6-15-33)49-47(50-43)34-16-7-4-8-17-34/h3-31H,1-2H3. The summed E-state index contributed by atoms with van der Waals surface area (Å²) >= 11 is 0. The molecule has 0 radical (unpaired) electrons. The van der Waals surface area contributed by atoms with Gasteiger partial charge in [0, 0.05) is 22.6 Å². The molecule has 9 rings (SSSR count). The molecule has 4 heteroatoms. The van der Waals surface area contributed by atoms with Crippen molar-refractivity contribution in [3.8, 4) is 67.3 Å². The van der Waals surface area contributed by atoms with Gasteiger partial charge < -0.3 is 4.42 Å². The zero-order valence-corrected chi connectivity index (χ0v) is 29.0. The highest BCUT2D eigenvalue weighted by molar-refractivity contribution is 6.05. The third kappa shape index (κ3) is 5.95. The van der Waals surface area contributed by atoms with Crippen LogP contribution >= 0.6 is 0 Å². The van der Waals surface area contributed by atoms with Crippen molar-refractivity contribution in [2.75, 3.05) is 0 Å². The van der Waals surface area contributed by atoms with E-state index >= 15 is 0 Å². The summed E-state index contributed by atoms with van der Waals surface area (Å²) in [6, 6.07) is 59.6. The molecule has 4 nitrogen and oxygen atoms in total. The first-order valence-electron chi connectivity index (χ1n) is 17.7. The van der Waals surface area contributed by atoms with Crippen LogP contribution in [0.4, 0.5) is 0 Å². The first-order chi connectivity index (χ1) is 25.6. The average Bonchev–Trinajstić information content (AvgIpc) is 3.65. The fourth-order valence-electron chi connectivity index (χ4n) is 6.96. The van der Waals surface area contributed by atoms with Gasteiger partial charge in [0.2, 0.25) is 0 Å². The van der Waals surface area contributed by atoms with Crippen molar-refractivity contribution in [1.29, 1.82) is 0 Å². The predicted molar refractivity (Wildman–Crippen MR) is 214 cm³/mol. The molecule has 0 unspecified atom stereocenters. The molecule has 0 aliphatic carbocycles. The Labute approximate surface area is 303 Å². The first-order valence-corrected chi connectivity index (χ1v) is 17.7. The Kier molecular flexibility index (Phi) is 7.98. The number of oxazole rings is 1. The number of hydrogen-bond acceptors (Lipinski definition) is 4. The Hall–Kier alpha value is -6.65. The Morgan fingerprint density at radius 2 is 1.06 bits per heavy atom. The van der Waals surface area contributed by atoms with E-state index in [4.69, 9.17) is 19.4 Å². The van der Waals surface area contributed by atoms with E-state index in [1.807, 2.05) is 42.5 Å². The van der Waals surface area contributed by atoms with Crippen LogP contribution in [0.15, 0.2) is 174 Å². The molecule has 0 aliphatic rings. The van der Waals surface area contributed by atoms with Crippen molar-refractivity contribution < 1.29 is 4.42 Å². The molecule has 52 heavy (non-hydrogen) atoms. The van der Waals surface area contributed by atoms with Gasteiger partial charge in [-0.3, -0.25) is 0 Å². The Bertz CT molecular complexity index is 2650. The molecule has 7 aromatic carbocycles. The van der Waals surface area contributed by atoms with Crippen LogP contribution in [-0.2, 0) is 0 Å². The second-order valence-electron chi connectivity index (χ2n) is 13.5. The summed E-state index contributed by atoms with van der Waals surface area (Å²) in [6.07, 6.45) is 0. The number of fused-ring (bicyclic) bond motifs is 2. The van der Waals surface area contributed by atoms with E-state index in [0.29, 0.717) is 5.82 Å². The molecule has 0 atom stereocenters. The lowest BCUT2D eigenvalue weighted by molar-refractivity contribution is 0.501. The fraction of sp³-hybridized carbons (Fsp3) is 0.0625. The fourth-order valence-corrected chi connectivity index (χ4v) is 6.96. The van der Waals surface area contributed by atoms with Crippen LogP contribution in [0.1, 0.15) is 25.7 Å². The molecule has 0 N–H and O–H groups in total. The van der Waals surface area contributed by atoms with Crippen LogP contribution in [0.5, 0.6) is 0 Å². The number of hydrogen-bond donors (Lipinski definition) is 0. The van der Waals surface area contributed by atoms with Gasteiger partial charge in [0.25, 0.3) is 0 Å². The molecular formula is C48H35N3O. The minimum absolute atomic E-state index is 0.232. The number of aromatic nitrogens is 3. The molecular weight excluding hydrogens is 635 g/mol. The largest absolute Gasteiger partial charge is 0.440 e. The lowest BCUT2D eigenvalue weighted by Gasteiger charge is -2.16. The third-order valence-corrected chi connectivity index (χ3v) is 9.61. The van der Waals surface area contributed by atoms with Gasteiger partial charge in [-0.1, -0.05) is 153 Å². The van der Waals surface area contributed by atoms with Crippen molar-refractivity contribution in [3.63, 3.8) is 0 Å². The summed E-state index contributed by atoms with van der Waals surface area (Å²) in [5, 5.41) is 2.39. The van der Waals surface area contributed by atoms with Crippen molar-refractivity contribution in [2.45, 2.75) is 19.8 Å². The topological polar surface area (TPSA) is 51.8 Å². The van der Waals surface area contributed by atoms with Crippen LogP contribution < -0.4 is 0 Å². The number of benzene rings is 7. The maximum atomic E-state index is 6.00. The van der Waals surface area contributed by atoms with Gasteiger partial charge in [-0.05, 0) is 74.5 Å². The second kappa shape index (κ2) is 13.2. The molecule has 0 saturated carbocycles. The van der Waals surface area contributed by atoms with E-state index in [-0.39, 0.29) is 5.92 Å². The van der Waals surface area contributed by atoms with Gasteiger partial charge in [-0.25, -0.2) is 15.0 Å². The Morgan fingerprint density at radius 1 is 0.442 bits per heavy atom. The molecule has 9 aromatic rings. The van der Waals surface area contributed by atoms with E-state index in [1.54, 1.807) is 0 Å². The van der Waals surface area contributed by atoms with Gasteiger partial charge >= 0.3 is 0 Å². The maximum absolute atomic E-state index is 6.00. The molecule has 2 aromatic heterocycles. The SMILES string of the molecule is CC(C)c1nc2cc(-c3cccc(-c4ccc5ccccc5c4-c4cccc(-c5cc(-c6ccccc6)nc(-c6ccccc6)n5)c4)c3)ccc2o1. The van der Waals surface area contributed by atoms with Gasteiger partial charge in [0.05, 0.1) is 11.4 Å². The minimum Gasteiger partial charge on any atom is -0.440 e. The van der Waals surface area contributed by atoms with Crippen molar-refractivity contribution >= 4 is 21.9 Å². The minimum atomic E-state index is 0.232. The molecule has 0 amide bonds. The number of nitrogens with zero attached hydrogens (tertiary/aromatic N) is 3. The molecule has 0 fully saturated rings. The highest BCUT2D eigenvalue weighted by Crippen LogP contribution is 2.41.